The summed E-state index contributed by atoms with van der Waals surface area (Å²) in [5.74, 6) is -1.26. The van der Waals surface area contributed by atoms with E-state index >= 15 is 0 Å². The maximum absolute atomic E-state index is 11.7. The molecule has 0 aromatic carbocycles. The number of allylic oxidation sites excluding steroid dienone is 4. The Morgan fingerprint density at radius 1 is 0.750 bits per heavy atom. The van der Waals surface area contributed by atoms with Gasteiger partial charge < -0.3 is 9.47 Å². The minimum absolute atomic E-state index is 0.0862. The Morgan fingerprint density at radius 3 is 1.45 bits per heavy atom. The van der Waals surface area contributed by atoms with Gasteiger partial charge in [0.05, 0.1) is 11.8 Å². The second-order valence-electron chi connectivity index (χ2n) is 4.57. The van der Waals surface area contributed by atoms with Crippen LogP contribution in [0.1, 0.15) is 12.8 Å². The molecule has 0 fully saturated rings. The first-order valence-electron chi connectivity index (χ1n) is 6.77. The molecular weight excluding hydrogens is 256 g/mol. The van der Waals surface area contributed by atoms with E-state index in [0.29, 0.717) is 0 Å². The lowest BCUT2D eigenvalue weighted by Gasteiger charge is -2.13. The van der Waals surface area contributed by atoms with Gasteiger partial charge in [-0.3, -0.25) is 9.59 Å². The molecule has 0 heterocycles. The maximum Gasteiger partial charge on any atom is 0.316 e. The van der Waals surface area contributed by atoms with E-state index in [-0.39, 0.29) is 37.0 Å². The summed E-state index contributed by atoms with van der Waals surface area (Å²) in [6, 6.07) is 0. The van der Waals surface area contributed by atoms with Gasteiger partial charge in [-0.1, -0.05) is 48.6 Å². The predicted octanol–water partition coefficient (Wildman–Crippen LogP) is 2.34. The van der Waals surface area contributed by atoms with Gasteiger partial charge in [0.25, 0.3) is 0 Å². The van der Waals surface area contributed by atoms with Crippen molar-refractivity contribution in [1.29, 1.82) is 0 Å². The average molecular weight is 274 g/mol. The number of carbonyl (C=O) groups excluding carboxylic acids is 2. The van der Waals surface area contributed by atoms with Crippen LogP contribution >= 0.6 is 0 Å². The van der Waals surface area contributed by atoms with Crippen molar-refractivity contribution in [3.8, 4) is 0 Å². The molecule has 0 aromatic rings. The molecule has 2 aliphatic rings. The molecule has 4 nitrogen and oxygen atoms in total. The van der Waals surface area contributed by atoms with Gasteiger partial charge in [0, 0.05) is 0 Å². The monoisotopic (exact) mass is 274 g/mol. The quantitative estimate of drug-likeness (QED) is 0.438. The van der Waals surface area contributed by atoms with Gasteiger partial charge in [0.2, 0.25) is 0 Å². The summed E-state index contributed by atoms with van der Waals surface area (Å²) in [5.41, 5.74) is 0. The molecule has 2 rings (SSSR count). The fourth-order valence-corrected chi connectivity index (χ4v) is 1.98. The topological polar surface area (TPSA) is 52.6 Å². The number of rotatable bonds is 5. The minimum atomic E-state index is -0.316. The van der Waals surface area contributed by atoms with Crippen LogP contribution in [0.15, 0.2) is 48.6 Å². The van der Waals surface area contributed by atoms with E-state index in [1.54, 1.807) is 0 Å². The Labute approximate surface area is 118 Å². The fraction of sp³-hybridized carbons (Fsp3) is 0.375. The molecule has 106 valence electrons. The Hall–Kier alpha value is -2.10. The van der Waals surface area contributed by atoms with Crippen molar-refractivity contribution in [2.45, 2.75) is 12.8 Å². The van der Waals surface area contributed by atoms with Crippen molar-refractivity contribution in [1.82, 2.24) is 0 Å². The molecule has 0 atom stereocenters. The SMILES string of the molecule is O=C(OCCOC(=O)C1C=CCC=C1)C1C=CCC=C1. The highest BCUT2D eigenvalue weighted by molar-refractivity contribution is 5.77. The molecule has 4 heteroatoms. The Bertz CT molecular complexity index is 403. The van der Waals surface area contributed by atoms with Crippen molar-refractivity contribution in [3.05, 3.63) is 48.6 Å². The lowest BCUT2D eigenvalue weighted by molar-refractivity contribution is -0.154. The van der Waals surface area contributed by atoms with E-state index in [0.717, 1.165) is 12.8 Å². The standard InChI is InChI=1S/C16H18O4/c17-15(13-7-3-1-4-8-13)19-11-12-20-16(18)14-9-5-2-6-10-14/h3-10,13-14H,1-2,11-12H2. The second-order valence-corrected chi connectivity index (χ2v) is 4.57. The van der Waals surface area contributed by atoms with Gasteiger partial charge in [-0.2, -0.15) is 0 Å². The first-order chi connectivity index (χ1) is 9.77. The normalized spacial score (nSPS) is 18.2. The van der Waals surface area contributed by atoms with E-state index in [4.69, 9.17) is 9.47 Å². The van der Waals surface area contributed by atoms with E-state index in [1.807, 2.05) is 48.6 Å². The van der Waals surface area contributed by atoms with Gasteiger partial charge >= 0.3 is 11.9 Å². The Kier molecular flexibility index (Phi) is 5.35. The molecule has 0 aliphatic heterocycles. The molecule has 0 amide bonds. The van der Waals surface area contributed by atoms with Gasteiger partial charge in [0.15, 0.2) is 0 Å². The molecule has 0 bridgehead atoms. The summed E-state index contributed by atoms with van der Waals surface area (Å²) < 4.78 is 10.1. The number of carbonyl (C=O) groups is 2. The molecule has 20 heavy (non-hydrogen) atoms. The van der Waals surface area contributed by atoms with Crippen LogP contribution in [-0.2, 0) is 19.1 Å². The van der Waals surface area contributed by atoms with Crippen LogP contribution in [0.3, 0.4) is 0 Å². The third-order valence-corrected chi connectivity index (χ3v) is 3.03. The number of ether oxygens (including phenoxy) is 2. The van der Waals surface area contributed by atoms with Crippen LogP contribution in [0.4, 0.5) is 0 Å². The summed E-state index contributed by atoms with van der Waals surface area (Å²) in [7, 11) is 0. The zero-order chi connectivity index (χ0) is 14.2. The van der Waals surface area contributed by atoms with Crippen LogP contribution in [0, 0.1) is 11.8 Å². The smallest absolute Gasteiger partial charge is 0.316 e. The molecule has 2 aliphatic carbocycles. The van der Waals surface area contributed by atoms with Crippen LogP contribution in [0.5, 0.6) is 0 Å². The summed E-state index contributed by atoms with van der Waals surface area (Å²) in [5, 5.41) is 0. The van der Waals surface area contributed by atoms with Crippen molar-refractivity contribution < 1.29 is 19.1 Å². The van der Waals surface area contributed by atoms with Gasteiger partial charge in [0.1, 0.15) is 13.2 Å². The van der Waals surface area contributed by atoms with Crippen molar-refractivity contribution >= 4 is 11.9 Å². The Morgan fingerprint density at radius 2 is 1.10 bits per heavy atom. The lowest BCUT2D eigenvalue weighted by Crippen LogP contribution is -2.21. The Balaban J connectivity index is 1.63. The summed E-state index contributed by atoms with van der Waals surface area (Å²) in [6.45, 7) is 0.172. The van der Waals surface area contributed by atoms with E-state index in [2.05, 4.69) is 0 Å². The highest BCUT2D eigenvalue weighted by Crippen LogP contribution is 2.12. The van der Waals surface area contributed by atoms with Crippen molar-refractivity contribution in [2.75, 3.05) is 13.2 Å². The number of hydrogen-bond donors (Lipinski definition) is 0. The first-order valence-corrected chi connectivity index (χ1v) is 6.77. The highest BCUT2D eigenvalue weighted by Gasteiger charge is 2.17. The van der Waals surface area contributed by atoms with E-state index in [1.165, 1.54) is 0 Å². The van der Waals surface area contributed by atoms with Gasteiger partial charge in [-0.05, 0) is 12.8 Å². The average Bonchev–Trinajstić information content (AvgIpc) is 2.53. The number of esters is 2. The van der Waals surface area contributed by atoms with E-state index in [9.17, 15) is 9.59 Å². The highest BCUT2D eigenvalue weighted by atomic mass is 16.6. The first kappa shape index (κ1) is 14.3. The van der Waals surface area contributed by atoms with Crippen LogP contribution in [0.2, 0.25) is 0 Å². The maximum atomic E-state index is 11.7. The van der Waals surface area contributed by atoms with E-state index < -0.39 is 0 Å². The molecule has 0 saturated carbocycles. The molecule has 0 radical (unpaired) electrons. The van der Waals surface area contributed by atoms with Crippen molar-refractivity contribution in [3.63, 3.8) is 0 Å². The zero-order valence-electron chi connectivity index (χ0n) is 11.2. The van der Waals surface area contributed by atoms with Gasteiger partial charge in [-0.15, -0.1) is 0 Å². The lowest BCUT2D eigenvalue weighted by atomic mass is 10.0. The molecule has 0 unspecified atom stereocenters. The summed E-state index contributed by atoms with van der Waals surface area (Å²) in [6.07, 6.45) is 16.6. The zero-order valence-corrected chi connectivity index (χ0v) is 11.2. The third-order valence-electron chi connectivity index (χ3n) is 3.03. The fourth-order valence-electron chi connectivity index (χ4n) is 1.98. The van der Waals surface area contributed by atoms with Gasteiger partial charge in [-0.25, -0.2) is 0 Å². The predicted molar refractivity (Wildman–Crippen MR) is 74.7 cm³/mol. The number of hydrogen-bond acceptors (Lipinski definition) is 4. The third kappa shape index (κ3) is 4.23. The second kappa shape index (κ2) is 7.48. The molecule has 0 N–H and O–H groups in total. The minimum Gasteiger partial charge on any atom is -0.461 e. The van der Waals surface area contributed by atoms with Crippen molar-refractivity contribution in [2.24, 2.45) is 11.8 Å². The molecular formula is C16H18O4. The van der Waals surface area contributed by atoms with Crippen LogP contribution < -0.4 is 0 Å². The summed E-state index contributed by atoms with van der Waals surface area (Å²) >= 11 is 0. The van der Waals surface area contributed by atoms with Crippen LogP contribution in [-0.4, -0.2) is 25.2 Å². The molecule has 0 aromatic heterocycles. The van der Waals surface area contributed by atoms with Crippen LogP contribution in [0.25, 0.3) is 0 Å². The molecule has 0 spiro atoms. The largest absolute Gasteiger partial charge is 0.461 e. The molecule has 0 saturated heterocycles. The summed E-state index contributed by atoms with van der Waals surface area (Å²) in [4.78, 5) is 23.3.